The smallest absolute Gasteiger partial charge is 0.135 e. The lowest BCUT2D eigenvalue weighted by molar-refractivity contribution is 0.571. The summed E-state index contributed by atoms with van der Waals surface area (Å²) in [5, 5.41) is 3.30. The Morgan fingerprint density at radius 2 is 1.94 bits per heavy atom. The second kappa shape index (κ2) is 6.03. The first-order valence-corrected chi connectivity index (χ1v) is 7.08. The predicted molar refractivity (Wildman–Crippen MR) is 76.3 cm³/mol. The van der Waals surface area contributed by atoms with Crippen molar-refractivity contribution in [1.82, 2.24) is 9.97 Å². The third-order valence-electron chi connectivity index (χ3n) is 3.28. The summed E-state index contributed by atoms with van der Waals surface area (Å²) in [4.78, 5) is 11.7. The second-order valence-corrected chi connectivity index (χ2v) is 5.20. The molecule has 1 aliphatic rings. The zero-order valence-corrected chi connectivity index (χ0v) is 11.7. The summed E-state index contributed by atoms with van der Waals surface area (Å²) in [6.45, 7) is 9.53. The summed E-state index contributed by atoms with van der Waals surface area (Å²) in [5.41, 5.74) is 0. The van der Waals surface area contributed by atoms with E-state index in [1.54, 1.807) is 0 Å². The fourth-order valence-electron chi connectivity index (χ4n) is 2.27. The van der Waals surface area contributed by atoms with Gasteiger partial charge in [-0.05, 0) is 26.2 Å². The summed E-state index contributed by atoms with van der Waals surface area (Å²) < 4.78 is 0. The molecule has 0 aliphatic carbocycles. The first-order chi connectivity index (χ1) is 8.70. The van der Waals surface area contributed by atoms with Crippen molar-refractivity contribution in [3.63, 3.8) is 0 Å². The summed E-state index contributed by atoms with van der Waals surface area (Å²) in [6.07, 6.45) is 3.90. The fraction of sp³-hybridized carbons (Fsp3) is 0.714. The topological polar surface area (TPSA) is 41.0 Å². The van der Waals surface area contributed by atoms with Crippen LogP contribution in [0.15, 0.2) is 6.07 Å². The molecule has 4 nitrogen and oxygen atoms in total. The van der Waals surface area contributed by atoms with Gasteiger partial charge in [0.15, 0.2) is 0 Å². The number of rotatable bonds is 4. The second-order valence-electron chi connectivity index (χ2n) is 5.20. The molecule has 1 aromatic rings. The normalized spacial score (nSPS) is 16.1. The van der Waals surface area contributed by atoms with Gasteiger partial charge in [-0.1, -0.05) is 13.8 Å². The molecule has 0 spiro atoms. The van der Waals surface area contributed by atoms with Crippen LogP contribution in [0.25, 0.3) is 0 Å². The van der Waals surface area contributed by atoms with E-state index < -0.39 is 0 Å². The van der Waals surface area contributed by atoms with Crippen molar-refractivity contribution in [1.29, 1.82) is 0 Å². The predicted octanol–water partition coefficient (Wildman–Crippen LogP) is 3.02. The molecule has 2 heterocycles. The highest BCUT2D eigenvalue weighted by Gasteiger charge is 2.15. The standard InChI is InChI=1S/C14H24N4/c1-4-15-12-10-13(17-14(16-12)11(2)3)18-8-6-5-7-9-18/h10-11H,4-9H2,1-3H3,(H,15,16,17). The molecular formula is C14H24N4. The number of hydrogen-bond donors (Lipinski definition) is 1. The number of nitrogens with zero attached hydrogens (tertiary/aromatic N) is 3. The molecule has 100 valence electrons. The number of aromatic nitrogens is 2. The van der Waals surface area contributed by atoms with Crippen molar-refractivity contribution in [2.45, 2.75) is 46.0 Å². The molecule has 18 heavy (non-hydrogen) atoms. The molecule has 0 saturated carbocycles. The van der Waals surface area contributed by atoms with Gasteiger partial charge in [0.05, 0.1) is 0 Å². The minimum absolute atomic E-state index is 0.368. The molecule has 0 radical (unpaired) electrons. The van der Waals surface area contributed by atoms with Gasteiger partial charge in [0, 0.05) is 31.6 Å². The van der Waals surface area contributed by atoms with Gasteiger partial charge in [0.25, 0.3) is 0 Å². The Balaban J connectivity index is 2.26. The molecule has 0 bridgehead atoms. The lowest BCUT2D eigenvalue weighted by Crippen LogP contribution is -2.30. The molecule has 2 rings (SSSR count). The van der Waals surface area contributed by atoms with Crippen molar-refractivity contribution >= 4 is 11.6 Å². The Bertz CT molecular complexity index is 383. The van der Waals surface area contributed by atoms with Crippen LogP contribution in [-0.2, 0) is 0 Å². The van der Waals surface area contributed by atoms with E-state index in [4.69, 9.17) is 4.98 Å². The van der Waals surface area contributed by atoms with Crippen LogP contribution in [0.1, 0.15) is 51.8 Å². The summed E-state index contributed by atoms with van der Waals surface area (Å²) in [6, 6.07) is 2.08. The van der Waals surface area contributed by atoms with E-state index in [2.05, 4.69) is 42.0 Å². The SMILES string of the molecule is CCNc1cc(N2CCCCC2)nc(C(C)C)n1. The molecule has 1 aromatic heterocycles. The number of nitrogens with one attached hydrogen (secondary N) is 1. The van der Waals surface area contributed by atoms with E-state index in [1.807, 2.05) is 0 Å². The summed E-state index contributed by atoms with van der Waals surface area (Å²) in [5.74, 6) is 3.35. The van der Waals surface area contributed by atoms with Crippen molar-refractivity contribution in [3.05, 3.63) is 11.9 Å². The van der Waals surface area contributed by atoms with Crippen LogP contribution in [0.2, 0.25) is 0 Å². The Morgan fingerprint density at radius 3 is 2.56 bits per heavy atom. The molecule has 0 aromatic carbocycles. The van der Waals surface area contributed by atoms with Gasteiger partial charge < -0.3 is 10.2 Å². The van der Waals surface area contributed by atoms with Gasteiger partial charge in [-0.25, -0.2) is 9.97 Å². The summed E-state index contributed by atoms with van der Waals surface area (Å²) >= 11 is 0. The van der Waals surface area contributed by atoms with Gasteiger partial charge in [-0.2, -0.15) is 0 Å². The molecule has 0 amide bonds. The molecule has 4 heteroatoms. The van der Waals surface area contributed by atoms with E-state index in [1.165, 1.54) is 19.3 Å². The maximum absolute atomic E-state index is 4.71. The Kier molecular flexibility index (Phi) is 4.39. The first-order valence-electron chi connectivity index (χ1n) is 7.08. The highest BCUT2D eigenvalue weighted by molar-refractivity contribution is 5.49. The Morgan fingerprint density at radius 1 is 1.22 bits per heavy atom. The van der Waals surface area contributed by atoms with E-state index in [0.29, 0.717) is 5.92 Å². The van der Waals surface area contributed by atoms with Crippen molar-refractivity contribution < 1.29 is 0 Å². The Labute approximate surface area is 110 Å². The lowest BCUT2D eigenvalue weighted by atomic mass is 10.1. The number of anilines is 2. The lowest BCUT2D eigenvalue weighted by Gasteiger charge is -2.28. The van der Waals surface area contributed by atoms with Gasteiger partial charge >= 0.3 is 0 Å². The molecule has 1 fully saturated rings. The maximum atomic E-state index is 4.71. The van der Waals surface area contributed by atoms with Crippen molar-refractivity contribution in [3.8, 4) is 0 Å². The highest BCUT2D eigenvalue weighted by Crippen LogP contribution is 2.22. The van der Waals surface area contributed by atoms with Gasteiger partial charge in [-0.15, -0.1) is 0 Å². The van der Waals surface area contributed by atoms with Crippen LogP contribution < -0.4 is 10.2 Å². The highest BCUT2D eigenvalue weighted by atomic mass is 15.2. The quantitative estimate of drug-likeness (QED) is 0.889. The van der Waals surface area contributed by atoms with Crippen LogP contribution in [0.5, 0.6) is 0 Å². The fourth-order valence-corrected chi connectivity index (χ4v) is 2.27. The van der Waals surface area contributed by atoms with E-state index in [9.17, 15) is 0 Å². The van der Waals surface area contributed by atoms with Crippen molar-refractivity contribution in [2.24, 2.45) is 0 Å². The molecule has 0 atom stereocenters. The van der Waals surface area contributed by atoms with E-state index in [-0.39, 0.29) is 0 Å². The van der Waals surface area contributed by atoms with Crippen molar-refractivity contribution in [2.75, 3.05) is 29.9 Å². The van der Waals surface area contributed by atoms with Gasteiger partial charge in [0.1, 0.15) is 17.5 Å². The minimum atomic E-state index is 0.368. The number of piperidine rings is 1. The maximum Gasteiger partial charge on any atom is 0.135 e. The van der Waals surface area contributed by atoms with Gasteiger partial charge in [-0.3, -0.25) is 0 Å². The van der Waals surface area contributed by atoms with Gasteiger partial charge in [0.2, 0.25) is 0 Å². The average Bonchev–Trinajstić information content (AvgIpc) is 2.40. The third-order valence-corrected chi connectivity index (χ3v) is 3.28. The van der Waals surface area contributed by atoms with Crippen LogP contribution in [0.3, 0.4) is 0 Å². The largest absolute Gasteiger partial charge is 0.370 e. The van der Waals surface area contributed by atoms with Crippen LogP contribution in [-0.4, -0.2) is 29.6 Å². The molecular weight excluding hydrogens is 224 g/mol. The van der Waals surface area contributed by atoms with E-state index >= 15 is 0 Å². The van der Waals surface area contributed by atoms with Crippen LogP contribution in [0, 0.1) is 0 Å². The molecule has 1 N–H and O–H groups in total. The third kappa shape index (κ3) is 3.12. The average molecular weight is 248 g/mol. The number of hydrogen-bond acceptors (Lipinski definition) is 4. The monoisotopic (exact) mass is 248 g/mol. The van der Waals surface area contributed by atoms with E-state index in [0.717, 1.165) is 37.1 Å². The van der Waals surface area contributed by atoms with Crippen LogP contribution >= 0.6 is 0 Å². The molecule has 1 saturated heterocycles. The molecule has 1 aliphatic heterocycles. The minimum Gasteiger partial charge on any atom is -0.370 e. The zero-order chi connectivity index (χ0) is 13.0. The first kappa shape index (κ1) is 13.1. The Hall–Kier alpha value is -1.32. The zero-order valence-electron chi connectivity index (χ0n) is 11.7. The molecule has 0 unspecified atom stereocenters. The van der Waals surface area contributed by atoms with Crippen LogP contribution in [0.4, 0.5) is 11.6 Å². The summed E-state index contributed by atoms with van der Waals surface area (Å²) in [7, 11) is 0.